The number of hydrogen-bond donors (Lipinski definition) is 1. The molecule has 0 spiro atoms. The molecular weight excluding hydrogens is 292 g/mol. The van der Waals surface area contributed by atoms with E-state index in [0.29, 0.717) is 27.1 Å². The largest absolute Gasteiger partial charge is 0.467 e. The average molecular weight is 303 g/mol. The van der Waals surface area contributed by atoms with Gasteiger partial charge in [0.15, 0.2) is 17.6 Å². The van der Waals surface area contributed by atoms with Gasteiger partial charge in [-0.25, -0.2) is 4.79 Å². The highest BCUT2D eigenvalue weighted by Crippen LogP contribution is 2.44. The minimum Gasteiger partial charge on any atom is -0.467 e. The van der Waals surface area contributed by atoms with E-state index in [0.717, 1.165) is 0 Å². The fourth-order valence-corrected chi connectivity index (χ4v) is 2.24. The molecule has 1 heterocycles. The standard InChI is InChI=1S/C11H11BrO5/c1-5-6(8(13)11(14)15-2)3-7(12)10-9(5)16-4-17-10/h3,8,13H,4H2,1-2H3. The molecule has 1 aromatic rings. The van der Waals surface area contributed by atoms with E-state index in [9.17, 15) is 9.90 Å². The number of carbonyl (C=O) groups is 1. The molecule has 1 aromatic carbocycles. The molecule has 0 saturated heterocycles. The molecule has 2 rings (SSSR count). The van der Waals surface area contributed by atoms with Crippen molar-refractivity contribution in [2.45, 2.75) is 13.0 Å². The Morgan fingerprint density at radius 1 is 1.53 bits per heavy atom. The Hall–Kier alpha value is -1.27. The Balaban J connectivity index is 2.49. The second-order valence-corrected chi connectivity index (χ2v) is 4.42. The molecule has 5 nitrogen and oxygen atoms in total. The maximum Gasteiger partial charge on any atom is 0.339 e. The van der Waals surface area contributed by atoms with Crippen LogP contribution in [-0.2, 0) is 9.53 Å². The summed E-state index contributed by atoms with van der Waals surface area (Å²) in [4.78, 5) is 11.3. The van der Waals surface area contributed by atoms with Crippen LogP contribution in [0.1, 0.15) is 17.2 Å². The molecule has 1 N–H and O–H groups in total. The molecule has 0 amide bonds. The van der Waals surface area contributed by atoms with Gasteiger partial charge < -0.3 is 19.3 Å². The third-order valence-electron chi connectivity index (χ3n) is 2.60. The molecule has 0 fully saturated rings. The minimum atomic E-state index is -1.33. The van der Waals surface area contributed by atoms with Crippen molar-refractivity contribution >= 4 is 21.9 Å². The molecule has 1 atom stereocenters. The summed E-state index contributed by atoms with van der Waals surface area (Å²) in [6.45, 7) is 1.88. The van der Waals surface area contributed by atoms with Crippen LogP contribution in [0, 0.1) is 6.92 Å². The van der Waals surface area contributed by atoms with Crippen molar-refractivity contribution in [2.75, 3.05) is 13.9 Å². The first-order valence-electron chi connectivity index (χ1n) is 4.90. The number of methoxy groups -OCH3 is 1. The number of carbonyl (C=O) groups excluding carboxylic acids is 1. The number of aliphatic hydroxyl groups excluding tert-OH is 1. The SMILES string of the molecule is COC(=O)C(O)c1cc(Br)c2c(c1C)OCO2. The average Bonchev–Trinajstić information content (AvgIpc) is 2.81. The van der Waals surface area contributed by atoms with Gasteiger partial charge in [-0.3, -0.25) is 0 Å². The van der Waals surface area contributed by atoms with Gasteiger partial charge >= 0.3 is 5.97 Å². The van der Waals surface area contributed by atoms with Gasteiger partial charge in [-0.1, -0.05) is 0 Å². The Kier molecular flexibility index (Phi) is 3.26. The van der Waals surface area contributed by atoms with Crippen molar-refractivity contribution in [3.63, 3.8) is 0 Å². The van der Waals surface area contributed by atoms with Crippen LogP contribution in [0.5, 0.6) is 11.5 Å². The lowest BCUT2D eigenvalue weighted by Crippen LogP contribution is -2.14. The first kappa shape index (κ1) is 12.2. The monoisotopic (exact) mass is 302 g/mol. The molecule has 17 heavy (non-hydrogen) atoms. The van der Waals surface area contributed by atoms with Gasteiger partial charge in [0.25, 0.3) is 0 Å². The molecule has 0 aliphatic carbocycles. The second kappa shape index (κ2) is 4.54. The maximum atomic E-state index is 11.3. The molecule has 0 aromatic heterocycles. The van der Waals surface area contributed by atoms with E-state index in [1.165, 1.54) is 7.11 Å². The summed E-state index contributed by atoms with van der Waals surface area (Å²) < 4.78 is 15.7. The number of aliphatic hydroxyl groups is 1. The van der Waals surface area contributed by atoms with Gasteiger partial charge in [0.2, 0.25) is 6.79 Å². The maximum absolute atomic E-state index is 11.3. The highest BCUT2D eigenvalue weighted by atomic mass is 79.9. The summed E-state index contributed by atoms with van der Waals surface area (Å²) >= 11 is 3.30. The van der Waals surface area contributed by atoms with Crippen LogP contribution in [0.25, 0.3) is 0 Å². The highest BCUT2D eigenvalue weighted by Gasteiger charge is 2.28. The molecule has 1 aliphatic heterocycles. The lowest BCUT2D eigenvalue weighted by molar-refractivity contribution is -0.150. The summed E-state index contributed by atoms with van der Waals surface area (Å²) in [5.41, 5.74) is 1.10. The molecule has 6 heteroatoms. The topological polar surface area (TPSA) is 65.0 Å². The quantitative estimate of drug-likeness (QED) is 0.842. The van der Waals surface area contributed by atoms with Crippen LogP contribution in [-0.4, -0.2) is 25.0 Å². The van der Waals surface area contributed by atoms with Gasteiger partial charge in [-0.15, -0.1) is 0 Å². The zero-order valence-electron chi connectivity index (χ0n) is 9.32. The smallest absolute Gasteiger partial charge is 0.339 e. The lowest BCUT2D eigenvalue weighted by atomic mass is 10.0. The Bertz CT molecular complexity index is 471. The zero-order valence-corrected chi connectivity index (χ0v) is 10.9. The van der Waals surface area contributed by atoms with Gasteiger partial charge in [0, 0.05) is 5.56 Å². The van der Waals surface area contributed by atoms with Crippen molar-refractivity contribution in [1.29, 1.82) is 0 Å². The number of hydrogen-bond acceptors (Lipinski definition) is 5. The Morgan fingerprint density at radius 3 is 2.82 bits per heavy atom. The van der Waals surface area contributed by atoms with Crippen LogP contribution in [0.3, 0.4) is 0 Å². The summed E-state index contributed by atoms with van der Waals surface area (Å²) in [6, 6.07) is 1.63. The number of esters is 1. The van der Waals surface area contributed by atoms with Crippen LogP contribution >= 0.6 is 15.9 Å². The summed E-state index contributed by atoms with van der Waals surface area (Å²) in [7, 11) is 1.23. The van der Waals surface area contributed by atoms with Crippen molar-refractivity contribution in [3.8, 4) is 11.5 Å². The van der Waals surface area contributed by atoms with E-state index in [-0.39, 0.29) is 6.79 Å². The van der Waals surface area contributed by atoms with Crippen LogP contribution in [0.15, 0.2) is 10.5 Å². The molecule has 1 aliphatic rings. The number of fused-ring (bicyclic) bond motifs is 1. The van der Waals surface area contributed by atoms with Gasteiger partial charge in [0.05, 0.1) is 11.6 Å². The normalized spacial score (nSPS) is 14.6. The van der Waals surface area contributed by atoms with Crippen LogP contribution < -0.4 is 9.47 Å². The molecule has 92 valence electrons. The Morgan fingerprint density at radius 2 is 2.18 bits per heavy atom. The van der Waals surface area contributed by atoms with Crippen molar-refractivity contribution in [2.24, 2.45) is 0 Å². The molecular formula is C11H11BrO5. The van der Waals surface area contributed by atoms with Crippen LogP contribution in [0.4, 0.5) is 0 Å². The minimum absolute atomic E-state index is 0.131. The van der Waals surface area contributed by atoms with E-state index in [4.69, 9.17) is 9.47 Å². The van der Waals surface area contributed by atoms with E-state index >= 15 is 0 Å². The van der Waals surface area contributed by atoms with E-state index in [2.05, 4.69) is 20.7 Å². The predicted octanol–water partition coefficient (Wildman–Crippen LogP) is 1.69. The molecule has 0 radical (unpaired) electrons. The third-order valence-corrected chi connectivity index (χ3v) is 3.19. The van der Waals surface area contributed by atoms with Gasteiger partial charge in [-0.2, -0.15) is 0 Å². The summed E-state index contributed by atoms with van der Waals surface area (Å²) in [5, 5.41) is 9.83. The number of ether oxygens (including phenoxy) is 3. The third kappa shape index (κ3) is 1.98. The molecule has 0 bridgehead atoms. The highest BCUT2D eigenvalue weighted by molar-refractivity contribution is 9.10. The number of halogens is 1. The van der Waals surface area contributed by atoms with Crippen molar-refractivity contribution < 1.29 is 24.1 Å². The molecule has 1 unspecified atom stereocenters. The number of benzene rings is 1. The fraction of sp³-hybridized carbons (Fsp3) is 0.364. The number of rotatable bonds is 2. The lowest BCUT2D eigenvalue weighted by Gasteiger charge is -2.14. The molecule has 0 saturated carbocycles. The predicted molar refractivity (Wildman–Crippen MR) is 62.0 cm³/mol. The van der Waals surface area contributed by atoms with Crippen LogP contribution in [0.2, 0.25) is 0 Å². The van der Waals surface area contributed by atoms with E-state index < -0.39 is 12.1 Å². The Labute approximate surface area is 106 Å². The summed E-state index contributed by atoms with van der Waals surface area (Å²) in [5.74, 6) is 0.416. The second-order valence-electron chi connectivity index (χ2n) is 3.56. The van der Waals surface area contributed by atoms with Gasteiger partial charge in [-0.05, 0) is 34.5 Å². The first-order valence-corrected chi connectivity index (χ1v) is 5.70. The van der Waals surface area contributed by atoms with Crippen molar-refractivity contribution in [1.82, 2.24) is 0 Å². The fourth-order valence-electron chi connectivity index (χ4n) is 1.70. The zero-order chi connectivity index (χ0) is 12.6. The first-order chi connectivity index (χ1) is 8.06. The summed E-state index contributed by atoms with van der Waals surface area (Å²) in [6.07, 6.45) is -1.33. The van der Waals surface area contributed by atoms with Crippen molar-refractivity contribution in [3.05, 3.63) is 21.7 Å². The van der Waals surface area contributed by atoms with E-state index in [1.54, 1.807) is 13.0 Å². The van der Waals surface area contributed by atoms with Gasteiger partial charge in [0.1, 0.15) is 0 Å². The van der Waals surface area contributed by atoms with E-state index in [1.807, 2.05) is 0 Å².